The van der Waals surface area contributed by atoms with Crippen molar-refractivity contribution in [2.75, 3.05) is 19.6 Å². The maximum absolute atomic E-state index is 13.1. The van der Waals surface area contributed by atoms with E-state index in [1.807, 2.05) is 16.7 Å². The molecule has 0 bridgehead atoms. The zero-order valence-electron chi connectivity index (χ0n) is 16.4. The number of hydrogen-bond acceptors (Lipinski definition) is 4. The van der Waals surface area contributed by atoms with E-state index in [1.165, 1.54) is 12.1 Å². The van der Waals surface area contributed by atoms with E-state index in [0.717, 1.165) is 54.8 Å². The molecule has 0 aliphatic carbocycles. The van der Waals surface area contributed by atoms with Crippen molar-refractivity contribution in [2.24, 2.45) is 5.16 Å². The highest BCUT2D eigenvalue weighted by molar-refractivity contribution is 6.31. The Balaban J connectivity index is 1.20. The molecule has 1 N–H and O–H groups in total. The number of likely N-dealkylation sites (tertiary alicyclic amines) is 1. The number of nitrogens with one attached hydrogen (secondary N) is 1. The summed E-state index contributed by atoms with van der Waals surface area (Å²) in [4.78, 5) is 23.3. The molecule has 2 aliphatic heterocycles. The average Bonchev–Trinajstić information content (AvgIpc) is 3.33. The molecule has 2 aromatic carbocycles. The smallest absolute Gasteiger partial charge is 0.326 e. The predicted octanol–water partition coefficient (Wildman–Crippen LogP) is 4.28. The highest BCUT2D eigenvalue weighted by Gasteiger charge is 2.28. The Morgan fingerprint density at radius 1 is 1.17 bits per heavy atom. The van der Waals surface area contributed by atoms with Crippen LogP contribution >= 0.6 is 11.6 Å². The van der Waals surface area contributed by atoms with Crippen LogP contribution in [0, 0.1) is 5.82 Å². The van der Waals surface area contributed by atoms with Gasteiger partial charge in [-0.1, -0.05) is 28.9 Å². The van der Waals surface area contributed by atoms with Gasteiger partial charge in [-0.05, 0) is 48.7 Å². The number of piperidine rings is 1. The summed E-state index contributed by atoms with van der Waals surface area (Å²) in [7, 11) is 0. The van der Waals surface area contributed by atoms with E-state index in [1.54, 1.807) is 18.2 Å². The van der Waals surface area contributed by atoms with Gasteiger partial charge in [-0.3, -0.25) is 9.47 Å². The van der Waals surface area contributed by atoms with Gasteiger partial charge >= 0.3 is 5.69 Å². The van der Waals surface area contributed by atoms with Crippen LogP contribution < -0.4 is 5.69 Å². The fraction of sp³-hybridized carbons (Fsp3) is 0.364. The van der Waals surface area contributed by atoms with Crippen LogP contribution in [-0.2, 0) is 4.84 Å². The minimum absolute atomic E-state index is 0.0820. The van der Waals surface area contributed by atoms with Crippen LogP contribution in [0.15, 0.2) is 52.4 Å². The van der Waals surface area contributed by atoms with Crippen LogP contribution in [0.5, 0.6) is 0 Å². The number of imidazole rings is 1. The molecule has 1 unspecified atom stereocenters. The fourth-order valence-electron chi connectivity index (χ4n) is 4.43. The van der Waals surface area contributed by atoms with Gasteiger partial charge in [-0.25, -0.2) is 9.18 Å². The first-order valence-electron chi connectivity index (χ1n) is 10.2. The van der Waals surface area contributed by atoms with Gasteiger partial charge in [0, 0.05) is 37.1 Å². The number of nitrogens with zero attached hydrogens (tertiary/aromatic N) is 3. The zero-order chi connectivity index (χ0) is 20.7. The van der Waals surface area contributed by atoms with Gasteiger partial charge < -0.3 is 9.82 Å². The number of aromatic amines is 1. The van der Waals surface area contributed by atoms with Crippen LogP contribution in [-0.4, -0.2) is 39.8 Å². The van der Waals surface area contributed by atoms with Gasteiger partial charge in [-0.2, -0.15) is 0 Å². The molecule has 30 heavy (non-hydrogen) atoms. The summed E-state index contributed by atoms with van der Waals surface area (Å²) in [5.41, 5.74) is 3.53. The Morgan fingerprint density at radius 2 is 1.93 bits per heavy atom. The van der Waals surface area contributed by atoms with E-state index in [4.69, 9.17) is 16.4 Å². The average molecular weight is 429 g/mol. The largest absolute Gasteiger partial charge is 0.387 e. The first kappa shape index (κ1) is 19.3. The standard InChI is InChI=1S/C22H22ClFN4O2/c23-15-3-6-19-20(11-15)28(22(29)25-19)18-7-9-27(10-8-18)13-17-12-21(30-26-17)14-1-4-16(24)5-2-14/h1-6,11,18,21H,7-10,12-13H2,(H,25,29). The van der Waals surface area contributed by atoms with Crippen molar-refractivity contribution in [3.63, 3.8) is 0 Å². The van der Waals surface area contributed by atoms with Gasteiger partial charge in [0.1, 0.15) is 5.82 Å². The molecule has 2 aliphatic rings. The zero-order valence-corrected chi connectivity index (χ0v) is 17.1. The molecule has 3 heterocycles. The Morgan fingerprint density at radius 3 is 2.70 bits per heavy atom. The predicted molar refractivity (Wildman–Crippen MR) is 115 cm³/mol. The Kier molecular flexibility index (Phi) is 5.08. The molecule has 8 heteroatoms. The second-order valence-corrected chi connectivity index (χ2v) is 8.41. The van der Waals surface area contributed by atoms with Crippen molar-refractivity contribution < 1.29 is 9.23 Å². The van der Waals surface area contributed by atoms with Crippen LogP contribution in [0.25, 0.3) is 11.0 Å². The number of aromatic nitrogens is 2. The number of hydrogen-bond donors (Lipinski definition) is 1. The van der Waals surface area contributed by atoms with Crippen LogP contribution in [0.1, 0.15) is 37.0 Å². The normalized spacial score (nSPS) is 20.5. The second-order valence-electron chi connectivity index (χ2n) is 7.98. The summed E-state index contributed by atoms with van der Waals surface area (Å²) < 4.78 is 15.0. The summed E-state index contributed by atoms with van der Waals surface area (Å²) in [6.45, 7) is 2.51. The Bertz CT molecular complexity index is 1150. The lowest BCUT2D eigenvalue weighted by Crippen LogP contribution is -2.39. The van der Waals surface area contributed by atoms with E-state index in [9.17, 15) is 9.18 Å². The van der Waals surface area contributed by atoms with Crippen molar-refractivity contribution in [3.05, 3.63) is 69.4 Å². The number of halogens is 2. The molecule has 156 valence electrons. The number of H-pyrrole nitrogens is 1. The topological polar surface area (TPSA) is 62.6 Å². The third-order valence-electron chi connectivity index (χ3n) is 5.98. The Labute approximate surface area is 177 Å². The number of fused-ring (bicyclic) bond motifs is 1. The molecule has 1 atom stereocenters. The molecule has 1 saturated heterocycles. The molecule has 5 rings (SSSR count). The minimum Gasteiger partial charge on any atom is -0.387 e. The van der Waals surface area contributed by atoms with Crippen molar-refractivity contribution in [3.8, 4) is 0 Å². The van der Waals surface area contributed by atoms with Crippen LogP contribution in [0.3, 0.4) is 0 Å². The molecule has 1 aromatic heterocycles. The third kappa shape index (κ3) is 3.75. The highest BCUT2D eigenvalue weighted by Crippen LogP contribution is 2.29. The molecule has 3 aromatic rings. The monoisotopic (exact) mass is 428 g/mol. The molecular formula is C22H22ClFN4O2. The lowest BCUT2D eigenvalue weighted by atomic mass is 10.0. The molecule has 0 radical (unpaired) electrons. The molecule has 0 amide bonds. The van der Waals surface area contributed by atoms with Gasteiger partial charge in [-0.15, -0.1) is 0 Å². The van der Waals surface area contributed by atoms with Crippen LogP contribution in [0.4, 0.5) is 4.39 Å². The van der Waals surface area contributed by atoms with E-state index >= 15 is 0 Å². The Hall–Kier alpha value is -2.64. The summed E-state index contributed by atoms with van der Waals surface area (Å²) in [6, 6.07) is 12.0. The van der Waals surface area contributed by atoms with E-state index in [-0.39, 0.29) is 23.7 Å². The van der Waals surface area contributed by atoms with E-state index in [0.29, 0.717) is 11.4 Å². The van der Waals surface area contributed by atoms with E-state index < -0.39 is 0 Å². The number of oxime groups is 1. The quantitative estimate of drug-likeness (QED) is 0.674. The van der Waals surface area contributed by atoms with Gasteiger partial charge in [0.25, 0.3) is 0 Å². The lowest BCUT2D eigenvalue weighted by Gasteiger charge is -2.32. The molecular weight excluding hydrogens is 407 g/mol. The third-order valence-corrected chi connectivity index (χ3v) is 6.22. The van der Waals surface area contributed by atoms with Crippen LogP contribution in [0.2, 0.25) is 5.02 Å². The van der Waals surface area contributed by atoms with Gasteiger partial charge in [0.15, 0.2) is 6.10 Å². The summed E-state index contributed by atoms with van der Waals surface area (Å²) in [5.74, 6) is -0.252. The van der Waals surface area contributed by atoms with Gasteiger partial charge in [0.05, 0.1) is 16.7 Å². The maximum Gasteiger partial charge on any atom is 0.326 e. The van der Waals surface area contributed by atoms with Crippen molar-refractivity contribution >= 4 is 28.3 Å². The number of rotatable bonds is 4. The van der Waals surface area contributed by atoms with Crippen molar-refractivity contribution in [2.45, 2.75) is 31.4 Å². The first-order chi connectivity index (χ1) is 14.6. The summed E-state index contributed by atoms with van der Waals surface area (Å²) in [6.07, 6.45) is 2.34. The molecule has 1 fully saturated rings. The van der Waals surface area contributed by atoms with Crippen molar-refractivity contribution in [1.29, 1.82) is 0 Å². The van der Waals surface area contributed by atoms with Gasteiger partial charge in [0.2, 0.25) is 0 Å². The molecule has 0 saturated carbocycles. The maximum atomic E-state index is 13.1. The summed E-state index contributed by atoms with van der Waals surface area (Å²) >= 11 is 6.14. The minimum atomic E-state index is -0.252. The fourth-order valence-corrected chi connectivity index (χ4v) is 4.59. The molecule has 0 spiro atoms. The summed E-state index contributed by atoms with van der Waals surface area (Å²) in [5, 5.41) is 4.88. The number of benzene rings is 2. The molecule has 6 nitrogen and oxygen atoms in total. The second kappa shape index (κ2) is 7.89. The van der Waals surface area contributed by atoms with E-state index in [2.05, 4.69) is 15.0 Å². The van der Waals surface area contributed by atoms with Crippen molar-refractivity contribution in [1.82, 2.24) is 14.5 Å². The first-order valence-corrected chi connectivity index (χ1v) is 10.5. The SMILES string of the molecule is O=c1[nH]c2ccc(Cl)cc2n1C1CCN(CC2=NOC(c3ccc(F)cc3)C2)CC1. The highest BCUT2D eigenvalue weighted by atomic mass is 35.5. The lowest BCUT2D eigenvalue weighted by molar-refractivity contribution is 0.0856.